The maximum Gasteiger partial charge on any atom is 0.0111 e. The van der Waals surface area contributed by atoms with Crippen molar-refractivity contribution in [2.24, 2.45) is 5.92 Å². The molecule has 118 valence electrons. The third-order valence-corrected chi connectivity index (χ3v) is 5.30. The van der Waals surface area contributed by atoms with Crippen LogP contribution < -0.4 is 5.32 Å². The summed E-state index contributed by atoms with van der Waals surface area (Å²) >= 11 is 0. The van der Waals surface area contributed by atoms with Crippen LogP contribution in [0.15, 0.2) is 0 Å². The Balaban J connectivity index is 1.89. The summed E-state index contributed by atoms with van der Waals surface area (Å²) in [4.78, 5) is 5.46. The second kappa shape index (κ2) is 8.35. The van der Waals surface area contributed by atoms with Gasteiger partial charge in [0.2, 0.25) is 0 Å². The number of hydrogen-bond donors (Lipinski definition) is 1. The summed E-state index contributed by atoms with van der Waals surface area (Å²) in [6.07, 6.45) is 6.90. The summed E-state index contributed by atoms with van der Waals surface area (Å²) in [7, 11) is 0. The molecule has 2 heterocycles. The highest BCUT2D eigenvalue weighted by atomic mass is 15.2. The molecule has 2 aliphatic heterocycles. The van der Waals surface area contributed by atoms with E-state index in [1.54, 1.807) is 0 Å². The van der Waals surface area contributed by atoms with Crippen molar-refractivity contribution in [3.8, 4) is 0 Å². The van der Waals surface area contributed by atoms with E-state index in [0.29, 0.717) is 6.04 Å². The van der Waals surface area contributed by atoms with Gasteiger partial charge >= 0.3 is 0 Å². The first kappa shape index (κ1) is 16.3. The molecule has 1 N–H and O–H groups in total. The highest BCUT2D eigenvalue weighted by Gasteiger charge is 2.26. The third-order valence-electron chi connectivity index (χ3n) is 5.30. The Morgan fingerprint density at radius 3 is 2.50 bits per heavy atom. The molecule has 1 atom stereocenters. The van der Waals surface area contributed by atoms with Gasteiger partial charge in [0.15, 0.2) is 0 Å². The Bertz CT molecular complexity index is 261. The molecule has 0 bridgehead atoms. The molecular formula is C17H35N3. The number of hydrogen-bond acceptors (Lipinski definition) is 3. The highest BCUT2D eigenvalue weighted by molar-refractivity contribution is 4.82. The second-order valence-corrected chi connectivity index (χ2v) is 7.00. The van der Waals surface area contributed by atoms with E-state index in [-0.39, 0.29) is 0 Å². The average molecular weight is 281 g/mol. The van der Waals surface area contributed by atoms with Crippen LogP contribution in [0.25, 0.3) is 0 Å². The van der Waals surface area contributed by atoms with Crippen molar-refractivity contribution < 1.29 is 0 Å². The van der Waals surface area contributed by atoms with Crippen molar-refractivity contribution >= 4 is 0 Å². The third kappa shape index (κ3) is 4.71. The van der Waals surface area contributed by atoms with Crippen molar-refractivity contribution in [2.75, 3.05) is 39.3 Å². The molecule has 0 radical (unpaired) electrons. The number of nitrogens with one attached hydrogen (secondary N) is 1. The standard InChI is InChI=1S/C17H35N3/c1-4-19-12-5-6-17(9-13-19)20(15(2)3)14-16-7-10-18-11-8-16/h15-18H,4-14H2,1-3H3. The highest BCUT2D eigenvalue weighted by Crippen LogP contribution is 2.23. The van der Waals surface area contributed by atoms with Crippen LogP contribution in [0.3, 0.4) is 0 Å². The summed E-state index contributed by atoms with van der Waals surface area (Å²) in [6.45, 7) is 14.7. The zero-order chi connectivity index (χ0) is 14.4. The Kier molecular flexibility index (Phi) is 6.79. The Hall–Kier alpha value is -0.120. The van der Waals surface area contributed by atoms with Crippen LogP contribution in [0.1, 0.15) is 52.9 Å². The minimum Gasteiger partial charge on any atom is -0.317 e. The van der Waals surface area contributed by atoms with E-state index in [1.807, 2.05) is 0 Å². The molecule has 20 heavy (non-hydrogen) atoms. The average Bonchev–Trinajstić information content (AvgIpc) is 2.71. The molecule has 0 amide bonds. The van der Waals surface area contributed by atoms with Gasteiger partial charge in [-0.1, -0.05) is 6.92 Å². The van der Waals surface area contributed by atoms with Crippen LogP contribution in [-0.2, 0) is 0 Å². The van der Waals surface area contributed by atoms with E-state index in [1.165, 1.54) is 71.4 Å². The molecule has 2 rings (SSSR count). The van der Waals surface area contributed by atoms with Crippen LogP contribution in [-0.4, -0.2) is 61.2 Å². The largest absolute Gasteiger partial charge is 0.317 e. The fourth-order valence-corrected chi connectivity index (χ4v) is 3.93. The molecule has 0 aliphatic carbocycles. The molecule has 3 heteroatoms. The number of rotatable bonds is 5. The smallest absolute Gasteiger partial charge is 0.0111 e. The summed E-state index contributed by atoms with van der Waals surface area (Å²) in [5, 5.41) is 3.49. The fourth-order valence-electron chi connectivity index (χ4n) is 3.93. The van der Waals surface area contributed by atoms with Crippen LogP contribution in [0.4, 0.5) is 0 Å². The van der Waals surface area contributed by atoms with Crippen molar-refractivity contribution in [3.63, 3.8) is 0 Å². The molecule has 2 fully saturated rings. The molecule has 2 aliphatic rings. The lowest BCUT2D eigenvalue weighted by Crippen LogP contribution is -2.45. The Morgan fingerprint density at radius 1 is 1.10 bits per heavy atom. The Morgan fingerprint density at radius 2 is 1.85 bits per heavy atom. The zero-order valence-corrected chi connectivity index (χ0v) is 13.9. The predicted octanol–water partition coefficient (Wildman–Crippen LogP) is 2.57. The molecule has 1 unspecified atom stereocenters. The van der Waals surface area contributed by atoms with E-state index in [4.69, 9.17) is 0 Å². The van der Waals surface area contributed by atoms with E-state index in [9.17, 15) is 0 Å². The quantitative estimate of drug-likeness (QED) is 0.835. The van der Waals surface area contributed by atoms with Gasteiger partial charge in [-0.05, 0) is 84.6 Å². The molecule has 0 aromatic heterocycles. The topological polar surface area (TPSA) is 18.5 Å². The predicted molar refractivity (Wildman–Crippen MR) is 87.2 cm³/mol. The first-order valence-corrected chi connectivity index (χ1v) is 8.89. The van der Waals surface area contributed by atoms with Gasteiger partial charge in [0.05, 0.1) is 0 Å². The molecule has 3 nitrogen and oxygen atoms in total. The van der Waals surface area contributed by atoms with Gasteiger partial charge in [-0.2, -0.15) is 0 Å². The van der Waals surface area contributed by atoms with Gasteiger partial charge in [0.25, 0.3) is 0 Å². The molecule has 0 aromatic carbocycles. The molecule has 2 saturated heterocycles. The molecular weight excluding hydrogens is 246 g/mol. The summed E-state index contributed by atoms with van der Waals surface area (Å²) in [5.41, 5.74) is 0. The molecule has 0 saturated carbocycles. The summed E-state index contributed by atoms with van der Waals surface area (Å²) < 4.78 is 0. The van der Waals surface area contributed by atoms with Crippen molar-refractivity contribution in [1.29, 1.82) is 0 Å². The monoisotopic (exact) mass is 281 g/mol. The van der Waals surface area contributed by atoms with E-state index in [0.717, 1.165) is 12.0 Å². The van der Waals surface area contributed by atoms with Gasteiger partial charge in [0, 0.05) is 18.6 Å². The SMILES string of the molecule is CCN1CCCC(N(CC2CCNCC2)C(C)C)CC1. The maximum atomic E-state index is 3.49. The van der Waals surface area contributed by atoms with Gasteiger partial charge in [-0.15, -0.1) is 0 Å². The van der Waals surface area contributed by atoms with Crippen LogP contribution >= 0.6 is 0 Å². The van der Waals surface area contributed by atoms with E-state index in [2.05, 4.69) is 35.9 Å². The lowest BCUT2D eigenvalue weighted by molar-refractivity contribution is 0.105. The minimum absolute atomic E-state index is 0.697. The van der Waals surface area contributed by atoms with E-state index >= 15 is 0 Å². The fraction of sp³-hybridized carbons (Fsp3) is 1.00. The second-order valence-electron chi connectivity index (χ2n) is 7.00. The molecule has 0 spiro atoms. The van der Waals surface area contributed by atoms with Crippen LogP contribution in [0, 0.1) is 5.92 Å². The van der Waals surface area contributed by atoms with Crippen molar-refractivity contribution in [2.45, 2.75) is 65.0 Å². The number of nitrogens with zero attached hydrogens (tertiary/aromatic N) is 2. The van der Waals surface area contributed by atoms with Crippen LogP contribution in [0.5, 0.6) is 0 Å². The van der Waals surface area contributed by atoms with Crippen LogP contribution in [0.2, 0.25) is 0 Å². The van der Waals surface area contributed by atoms with Gasteiger partial charge in [0.1, 0.15) is 0 Å². The van der Waals surface area contributed by atoms with Crippen molar-refractivity contribution in [3.05, 3.63) is 0 Å². The summed E-state index contributed by atoms with van der Waals surface area (Å²) in [5.74, 6) is 0.921. The normalized spacial score (nSPS) is 27.1. The lowest BCUT2D eigenvalue weighted by atomic mass is 9.95. The van der Waals surface area contributed by atoms with Crippen molar-refractivity contribution in [1.82, 2.24) is 15.1 Å². The van der Waals surface area contributed by atoms with Gasteiger partial charge in [-0.25, -0.2) is 0 Å². The first-order chi connectivity index (χ1) is 9.70. The lowest BCUT2D eigenvalue weighted by Gasteiger charge is -2.38. The molecule has 0 aromatic rings. The number of likely N-dealkylation sites (tertiary alicyclic amines) is 1. The summed E-state index contributed by atoms with van der Waals surface area (Å²) in [6, 6.07) is 1.52. The van der Waals surface area contributed by atoms with E-state index < -0.39 is 0 Å². The minimum atomic E-state index is 0.697. The maximum absolute atomic E-state index is 3.49. The van der Waals surface area contributed by atoms with Gasteiger partial charge in [-0.3, -0.25) is 4.90 Å². The first-order valence-electron chi connectivity index (χ1n) is 8.89. The number of piperidine rings is 1. The zero-order valence-electron chi connectivity index (χ0n) is 13.9. The Labute approximate surface area is 126 Å². The van der Waals surface area contributed by atoms with Gasteiger partial charge < -0.3 is 10.2 Å².